The summed E-state index contributed by atoms with van der Waals surface area (Å²) < 4.78 is 0. The number of hydrogen-bond acceptors (Lipinski definition) is 2. The summed E-state index contributed by atoms with van der Waals surface area (Å²) in [6, 6.07) is 6.50. The SMILES string of the molecule is CC(C1CC1)N(C)c1c(Cl)cccc1CN. The lowest BCUT2D eigenvalue weighted by atomic mass is 10.1. The van der Waals surface area contributed by atoms with E-state index in [1.165, 1.54) is 12.8 Å². The number of hydrogen-bond donors (Lipinski definition) is 1. The normalized spacial score (nSPS) is 17.2. The van der Waals surface area contributed by atoms with Gasteiger partial charge in [-0.2, -0.15) is 0 Å². The summed E-state index contributed by atoms with van der Waals surface area (Å²) in [4.78, 5) is 2.28. The van der Waals surface area contributed by atoms with Crippen LogP contribution < -0.4 is 10.6 Å². The molecule has 2 N–H and O–H groups in total. The fraction of sp³-hybridized carbons (Fsp3) is 0.538. The molecule has 0 aliphatic heterocycles. The molecule has 88 valence electrons. The topological polar surface area (TPSA) is 29.3 Å². The van der Waals surface area contributed by atoms with Gasteiger partial charge in [-0.25, -0.2) is 0 Å². The van der Waals surface area contributed by atoms with Gasteiger partial charge in [-0.1, -0.05) is 23.7 Å². The lowest BCUT2D eigenvalue weighted by Crippen LogP contribution is -2.31. The molecule has 0 spiro atoms. The van der Waals surface area contributed by atoms with E-state index in [9.17, 15) is 0 Å². The van der Waals surface area contributed by atoms with Crippen LogP contribution in [0.3, 0.4) is 0 Å². The van der Waals surface area contributed by atoms with E-state index in [-0.39, 0.29) is 0 Å². The minimum atomic E-state index is 0.539. The van der Waals surface area contributed by atoms with Gasteiger partial charge in [-0.3, -0.25) is 0 Å². The molecule has 1 aliphatic carbocycles. The first-order valence-electron chi connectivity index (χ1n) is 5.85. The molecule has 0 heterocycles. The molecule has 1 atom stereocenters. The molecule has 3 heteroatoms. The highest BCUT2D eigenvalue weighted by atomic mass is 35.5. The zero-order valence-corrected chi connectivity index (χ0v) is 10.7. The van der Waals surface area contributed by atoms with Gasteiger partial charge in [0, 0.05) is 19.6 Å². The Bertz CT molecular complexity index is 374. The van der Waals surface area contributed by atoms with E-state index in [1.54, 1.807) is 0 Å². The van der Waals surface area contributed by atoms with E-state index in [1.807, 2.05) is 12.1 Å². The minimum absolute atomic E-state index is 0.539. The van der Waals surface area contributed by atoms with E-state index in [4.69, 9.17) is 17.3 Å². The molecule has 0 bridgehead atoms. The van der Waals surface area contributed by atoms with E-state index in [0.717, 1.165) is 22.2 Å². The molecule has 1 aromatic carbocycles. The summed E-state index contributed by atoms with van der Waals surface area (Å²) in [6.45, 7) is 2.80. The van der Waals surface area contributed by atoms with Crippen molar-refractivity contribution < 1.29 is 0 Å². The second-order valence-corrected chi connectivity index (χ2v) is 5.05. The molecule has 1 saturated carbocycles. The maximum absolute atomic E-state index is 6.27. The highest BCUT2D eigenvalue weighted by Crippen LogP contribution is 2.39. The second kappa shape index (κ2) is 4.64. The number of para-hydroxylation sites is 1. The predicted octanol–water partition coefficient (Wildman–Crippen LogP) is 3.03. The van der Waals surface area contributed by atoms with Gasteiger partial charge in [-0.15, -0.1) is 0 Å². The monoisotopic (exact) mass is 238 g/mol. The molecule has 1 aromatic rings. The number of anilines is 1. The Balaban J connectivity index is 2.30. The number of rotatable bonds is 4. The Hall–Kier alpha value is -0.730. The van der Waals surface area contributed by atoms with Crippen molar-refractivity contribution >= 4 is 17.3 Å². The Morgan fingerprint density at radius 2 is 2.19 bits per heavy atom. The van der Waals surface area contributed by atoms with Gasteiger partial charge in [0.1, 0.15) is 0 Å². The van der Waals surface area contributed by atoms with Gasteiger partial charge in [0.15, 0.2) is 0 Å². The number of halogens is 1. The van der Waals surface area contributed by atoms with Crippen molar-refractivity contribution in [1.29, 1.82) is 0 Å². The van der Waals surface area contributed by atoms with Crippen LogP contribution in [0.5, 0.6) is 0 Å². The third-order valence-electron chi connectivity index (χ3n) is 3.56. The Kier molecular flexibility index (Phi) is 3.41. The largest absolute Gasteiger partial charge is 0.370 e. The summed E-state index contributed by atoms with van der Waals surface area (Å²) in [5.41, 5.74) is 7.99. The average Bonchev–Trinajstić information content (AvgIpc) is 3.10. The summed E-state index contributed by atoms with van der Waals surface area (Å²) in [5.74, 6) is 0.826. The number of nitrogens with zero attached hydrogens (tertiary/aromatic N) is 1. The molecular weight excluding hydrogens is 220 g/mol. The number of benzene rings is 1. The van der Waals surface area contributed by atoms with E-state index in [0.29, 0.717) is 12.6 Å². The van der Waals surface area contributed by atoms with Crippen LogP contribution in [0.2, 0.25) is 5.02 Å². The van der Waals surface area contributed by atoms with Crippen molar-refractivity contribution in [1.82, 2.24) is 0 Å². The molecule has 1 aliphatic rings. The van der Waals surface area contributed by atoms with Gasteiger partial charge >= 0.3 is 0 Å². The third kappa shape index (κ3) is 2.18. The van der Waals surface area contributed by atoms with Crippen LogP contribution in [0.25, 0.3) is 0 Å². The van der Waals surface area contributed by atoms with Crippen LogP contribution >= 0.6 is 11.6 Å². The molecule has 1 fully saturated rings. The Labute approximate surface area is 102 Å². The Morgan fingerprint density at radius 1 is 1.50 bits per heavy atom. The van der Waals surface area contributed by atoms with Crippen molar-refractivity contribution in [2.24, 2.45) is 11.7 Å². The zero-order valence-electron chi connectivity index (χ0n) is 9.91. The standard InChI is InChI=1S/C13H19ClN2/c1-9(10-6-7-10)16(2)13-11(8-15)4-3-5-12(13)14/h3-5,9-10H,6-8,15H2,1-2H3. The lowest BCUT2D eigenvalue weighted by molar-refractivity contribution is 0.607. The molecule has 1 unspecified atom stereocenters. The summed E-state index contributed by atoms with van der Waals surface area (Å²) in [5, 5.41) is 0.804. The van der Waals surface area contributed by atoms with Crippen LogP contribution in [-0.4, -0.2) is 13.1 Å². The smallest absolute Gasteiger partial charge is 0.0642 e. The van der Waals surface area contributed by atoms with E-state index < -0.39 is 0 Å². The average molecular weight is 239 g/mol. The maximum atomic E-state index is 6.27. The van der Waals surface area contributed by atoms with Crippen LogP contribution in [0, 0.1) is 5.92 Å². The quantitative estimate of drug-likeness (QED) is 0.874. The van der Waals surface area contributed by atoms with Crippen molar-refractivity contribution in [3.8, 4) is 0 Å². The number of nitrogens with two attached hydrogens (primary N) is 1. The van der Waals surface area contributed by atoms with Crippen LogP contribution in [0.1, 0.15) is 25.3 Å². The van der Waals surface area contributed by atoms with Crippen molar-refractivity contribution in [3.05, 3.63) is 28.8 Å². The van der Waals surface area contributed by atoms with Crippen molar-refractivity contribution in [3.63, 3.8) is 0 Å². The first-order chi connectivity index (χ1) is 7.65. The van der Waals surface area contributed by atoms with Crippen LogP contribution in [-0.2, 0) is 6.54 Å². The van der Waals surface area contributed by atoms with Gasteiger partial charge in [0.25, 0.3) is 0 Å². The highest BCUT2D eigenvalue weighted by molar-refractivity contribution is 6.33. The molecule has 0 aromatic heterocycles. The summed E-state index contributed by atoms with van der Waals surface area (Å²) in [6.07, 6.45) is 2.68. The first kappa shape index (κ1) is 11.7. The molecular formula is C13H19ClN2. The van der Waals surface area contributed by atoms with Gasteiger partial charge < -0.3 is 10.6 Å². The molecule has 0 amide bonds. The second-order valence-electron chi connectivity index (χ2n) is 4.64. The van der Waals surface area contributed by atoms with E-state index >= 15 is 0 Å². The van der Waals surface area contributed by atoms with Crippen LogP contribution in [0.4, 0.5) is 5.69 Å². The van der Waals surface area contributed by atoms with Crippen molar-refractivity contribution in [2.45, 2.75) is 32.4 Å². The fourth-order valence-electron chi connectivity index (χ4n) is 2.22. The van der Waals surface area contributed by atoms with Gasteiger partial charge in [0.05, 0.1) is 10.7 Å². The third-order valence-corrected chi connectivity index (χ3v) is 3.86. The fourth-order valence-corrected chi connectivity index (χ4v) is 2.55. The molecule has 16 heavy (non-hydrogen) atoms. The summed E-state index contributed by atoms with van der Waals surface area (Å²) in [7, 11) is 2.11. The molecule has 0 saturated heterocycles. The van der Waals surface area contributed by atoms with Crippen molar-refractivity contribution in [2.75, 3.05) is 11.9 Å². The summed E-state index contributed by atoms with van der Waals surface area (Å²) >= 11 is 6.27. The van der Waals surface area contributed by atoms with E-state index in [2.05, 4.69) is 24.9 Å². The zero-order chi connectivity index (χ0) is 11.7. The Morgan fingerprint density at radius 3 is 2.75 bits per heavy atom. The van der Waals surface area contributed by atoms with Crippen LogP contribution in [0.15, 0.2) is 18.2 Å². The highest BCUT2D eigenvalue weighted by Gasteiger charge is 2.31. The maximum Gasteiger partial charge on any atom is 0.0642 e. The molecule has 2 nitrogen and oxygen atoms in total. The first-order valence-corrected chi connectivity index (χ1v) is 6.23. The molecule has 0 radical (unpaired) electrons. The molecule has 2 rings (SSSR count). The van der Waals surface area contributed by atoms with Gasteiger partial charge in [-0.05, 0) is 37.3 Å². The van der Waals surface area contributed by atoms with Gasteiger partial charge in [0.2, 0.25) is 0 Å². The predicted molar refractivity (Wildman–Crippen MR) is 69.9 cm³/mol. The minimum Gasteiger partial charge on any atom is -0.370 e. The lowest BCUT2D eigenvalue weighted by Gasteiger charge is -2.29.